The van der Waals surface area contributed by atoms with Crippen LogP contribution >= 0.6 is 0 Å². The van der Waals surface area contributed by atoms with Crippen molar-refractivity contribution in [1.29, 1.82) is 10.8 Å². The van der Waals surface area contributed by atoms with Gasteiger partial charge in [0, 0.05) is 24.9 Å². The van der Waals surface area contributed by atoms with E-state index >= 15 is 0 Å². The summed E-state index contributed by atoms with van der Waals surface area (Å²) in [6.45, 7) is 3.93. The Balaban J connectivity index is 4.38. The van der Waals surface area contributed by atoms with Crippen molar-refractivity contribution >= 4 is 17.2 Å². The van der Waals surface area contributed by atoms with Gasteiger partial charge < -0.3 is 20.6 Å². The minimum atomic E-state index is -0.419. The molecule has 0 aliphatic rings. The number of ketones is 1. The highest BCUT2D eigenvalue weighted by atomic mass is 16.1. The molecule has 0 amide bonds. The van der Waals surface area contributed by atoms with Gasteiger partial charge in [0.1, 0.15) is 0 Å². The summed E-state index contributed by atoms with van der Waals surface area (Å²) in [7, 11) is 7.67. The average Bonchev–Trinajstić information content (AvgIpc) is 2.27. The molecule has 0 bridgehead atoms. The van der Waals surface area contributed by atoms with Gasteiger partial charge in [-0.1, -0.05) is 0 Å². The molecule has 0 saturated heterocycles. The zero-order valence-electron chi connectivity index (χ0n) is 12.4. The van der Waals surface area contributed by atoms with Gasteiger partial charge in [-0.2, -0.15) is 0 Å². The van der Waals surface area contributed by atoms with Crippen molar-refractivity contribution in [3.8, 4) is 0 Å². The Hall–Kier alpha value is -1.07. The second-order valence-electron chi connectivity index (χ2n) is 5.32. The SMILES string of the molecule is CC(CC(=N)C(=O)C(=N)CC(C)N(C)C)N(C)C. The summed E-state index contributed by atoms with van der Waals surface area (Å²) in [6, 6.07) is 0.279. The van der Waals surface area contributed by atoms with E-state index in [0.717, 1.165) is 0 Å². The lowest BCUT2D eigenvalue weighted by atomic mass is 10.00. The van der Waals surface area contributed by atoms with E-state index in [1.54, 1.807) is 0 Å². The van der Waals surface area contributed by atoms with Gasteiger partial charge in [-0.15, -0.1) is 0 Å². The summed E-state index contributed by atoms with van der Waals surface area (Å²) in [5.41, 5.74) is 0.0688. The summed E-state index contributed by atoms with van der Waals surface area (Å²) in [5, 5.41) is 15.5. The Kier molecular flexibility index (Phi) is 6.94. The number of hydrogen-bond acceptors (Lipinski definition) is 5. The first-order valence-electron chi connectivity index (χ1n) is 6.19. The van der Waals surface area contributed by atoms with E-state index in [4.69, 9.17) is 10.8 Å². The minimum Gasteiger partial charge on any atom is -0.306 e. The Bertz CT molecular complexity index is 293. The second-order valence-corrected chi connectivity index (χ2v) is 5.32. The number of nitrogens with zero attached hydrogens (tertiary/aromatic N) is 2. The third-order valence-corrected chi connectivity index (χ3v) is 3.31. The molecule has 2 atom stereocenters. The van der Waals surface area contributed by atoms with E-state index in [2.05, 4.69) is 0 Å². The van der Waals surface area contributed by atoms with Crippen LogP contribution in [0.4, 0.5) is 0 Å². The summed E-state index contributed by atoms with van der Waals surface area (Å²) < 4.78 is 0. The molecule has 0 fully saturated rings. The van der Waals surface area contributed by atoms with Gasteiger partial charge in [0.15, 0.2) is 0 Å². The maximum absolute atomic E-state index is 11.9. The standard InChI is InChI=1S/C13H26N4O/c1-9(16(3)4)7-11(14)13(18)12(15)8-10(2)17(5)6/h9-10,14-15H,7-8H2,1-6H3. The van der Waals surface area contributed by atoms with E-state index < -0.39 is 5.78 Å². The molecule has 0 aliphatic heterocycles. The van der Waals surface area contributed by atoms with E-state index in [0.29, 0.717) is 12.8 Å². The van der Waals surface area contributed by atoms with Crippen molar-refractivity contribution < 1.29 is 4.79 Å². The van der Waals surface area contributed by atoms with Crippen LogP contribution in [0.5, 0.6) is 0 Å². The average molecular weight is 254 g/mol. The zero-order chi connectivity index (χ0) is 14.5. The van der Waals surface area contributed by atoms with Crippen molar-refractivity contribution in [1.82, 2.24) is 9.80 Å². The first kappa shape index (κ1) is 16.9. The van der Waals surface area contributed by atoms with E-state index in [1.807, 2.05) is 51.8 Å². The van der Waals surface area contributed by atoms with Gasteiger partial charge >= 0.3 is 0 Å². The van der Waals surface area contributed by atoms with Crippen LogP contribution in [0, 0.1) is 10.8 Å². The van der Waals surface area contributed by atoms with Crippen LogP contribution in [-0.2, 0) is 4.79 Å². The molecule has 0 rings (SSSR count). The molecule has 0 aromatic heterocycles. The predicted molar refractivity (Wildman–Crippen MR) is 76.0 cm³/mol. The fourth-order valence-electron chi connectivity index (χ4n) is 1.32. The van der Waals surface area contributed by atoms with Gasteiger partial charge in [0.25, 0.3) is 0 Å². The second kappa shape index (κ2) is 7.38. The Morgan fingerprint density at radius 1 is 0.889 bits per heavy atom. The highest BCUT2D eigenvalue weighted by Gasteiger charge is 2.20. The van der Waals surface area contributed by atoms with Gasteiger partial charge in [0.05, 0.1) is 11.4 Å². The first-order valence-corrected chi connectivity index (χ1v) is 6.19. The van der Waals surface area contributed by atoms with Crippen LogP contribution in [0.3, 0.4) is 0 Å². The largest absolute Gasteiger partial charge is 0.306 e. The van der Waals surface area contributed by atoms with Crippen molar-refractivity contribution in [3.05, 3.63) is 0 Å². The van der Waals surface area contributed by atoms with Gasteiger partial charge in [-0.25, -0.2) is 0 Å². The van der Waals surface area contributed by atoms with Crippen molar-refractivity contribution in [2.24, 2.45) is 0 Å². The molecule has 0 spiro atoms. The number of carbonyl (C=O) groups is 1. The zero-order valence-corrected chi connectivity index (χ0v) is 12.4. The Morgan fingerprint density at radius 3 is 1.39 bits per heavy atom. The number of Topliss-reactive ketones (excluding diaryl/α,β-unsaturated/α-hetero) is 1. The normalized spacial score (nSPS) is 14.7. The van der Waals surface area contributed by atoms with Crippen molar-refractivity contribution in [2.45, 2.75) is 38.8 Å². The lowest BCUT2D eigenvalue weighted by Gasteiger charge is -2.21. The van der Waals surface area contributed by atoms with E-state index in [1.165, 1.54) is 0 Å². The monoisotopic (exact) mass is 254 g/mol. The van der Waals surface area contributed by atoms with Crippen LogP contribution < -0.4 is 0 Å². The molecule has 0 saturated carbocycles. The van der Waals surface area contributed by atoms with Gasteiger partial charge in [0.2, 0.25) is 5.78 Å². The maximum atomic E-state index is 11.9. The number of carbonyl (C=O) groups excluding carboxylic acids is 1. The molecular weight excluding hydrogens is 228 g/mol. The molecule has 0 heterocycles. The van der Waals surface area contributed by atoms with Crippen LogP contribution in [-0.4, -0.2) is 67.3 Å². The van der Waals surface area contributed by atoms with Crippen molar-refractivity contribution in [2.75, 3.05) is 28.2 Å². The highest BCUT2D eigenvalue weighted by Crippen LogP contribution is 2.05. The molecule has 2 unspecified atom stereocenters. The summed E-state index contributed by atoms with van der Waals surface area (Å²) >= 11 is 0. The number of hydrogen-bond donors (Lipinski definition) is 2. The summed E-state index contributed by atoms with van der Waals surface area (Å²) in [5.74, 6) is -0.419. The van der Waals surface area contributed by atoms with Crippen LogP contribution in [0.2, 0.25) is 0 Å². The van der Waals surface area contributed by atoms with Gasteiger partial charge in [-0.3, -0.25) is 4.79 Å². The van der Waals surface area contributed by atoms with Crippen LogP contribution in [0.1, 0.15) is 26.7 Å². The predicted octanol–water partition coefficient (Wildman–Crippen LogP) is 1.28. The molecule has 0 aromatic rings. The first-order chi connectivity index (χ1) is 8.16. The molecule has 2 N–H and O–H groups in total. The summed E-state index contributed by atoms with van der Waals surface area (Å²) in [4.78, 5) is 15.8. The lowest BCUT2D eigenvalue weighted by Crippen LogP contribution is -2.35. The fraction of sp³-hybridized carbons (Fsp3) is 0.769. The van der Waals surface area contributed by atoms with Crippen LogP contribution in [0.15, 0.2) is 0 Å². The lowest BCUT2D eigenvalue weighted by molar-refractivity contribution is -0.107. The molecule has 104 valence electrons. The fourth-order valence-corrected chi connectivity index (χ4v) is 1.32. The van der Waals surface area contributed by atoms with E-state index in [-0.39, 0.29) is 23.5 Å². The quantitative estimate of drug-likeness (QED) is 0.641. The molecule has 18 heavy (non-hydrogen) atoms. The van der Waals surface area contributed by atoms with Crippen molar-refractivity contribution in [3.63, 3.8) is 0 Å². The third-order valence-electron chi connectivity index (χ3n) is 3.31. The molecule has 0 aromatic carbocycles. The highest BCUT2D eigenvalue weighted by molar-refractivity contribution is 6.65. The molecular formula is C13H26N4O. The Morgan fingerprint density at radius 2 is 1.17 bits per heavy atom. The number of nitrogens with one attached hydrogen (secondary N) is 2. The maximum Gasteiger partial charge on any atom is 0.220 e. The summed E-state index contributed by atoms with van der Waals surface area (Å²) in [6.07, 6.45) is 0.787. The minimum absolute atomic E-state index is 0.0344. The molecule has 0 aliphatic carbocycles. The smallest absolute Gasteiger partial charge is 0.220 e. The molecule has 5 nitrogen and oxygen atoms in total. The van der Waals surface area contributed by atoms with E-state index in [9.17, 15) is 4.79 Å². The third kappa shape index (κ3) is 5.51. The van der Waals surface area contributed by atoms with Gasteiger partial charge in [-0.05, 0) is 42.0 Å². The number of rotatable bonds is 8. The molecule has 5 heteroatoms. The van der Waals surface area contributed by atoms with Crippen LogP contribution in [0.25, 0.3) is 0 Å². The topological polar surface area (TPSA) is 71.2 Å². The molecule has 0 radical (unpaired) electrons. The Labute approximate surface area is 110 Å².